The third-order valence-electron chi connectivity index (χ3n) is 9.07. The molecule has 1 saturated carbocycles. The average Bonchev–Trinajstić information content (AvgIpc) is 3.76. The van der Waals surface area contributed by atoms with Crippen molar-refractivity contribution in [2.75, 3.05) is 33.7 Å². The first-order chi connectivity index (χ1) is 20.4. The number of carbonyl (C=O) groups is 2. The maximum Gasteiger partial charge on any atom is 0.220 e. The first-order valence-corrected chi connectivity index (χ1v) is 18.1. The molecular formula is C36H70N4O2. The molecule has 1 rings (SSSR count). The first-order valence-electron chi connectivity index (χ1n) is 18.1. The van der Waals surface area contributed by atoms with E-state index >= 15 is 0 Å². The summed E-state index contributed by atoms with van der Waals surface area (Å²) in [5.41, 5.74) is 5.91. The second-order valence-corrected chi connectivity index (χ2v) is 13.4. The topological polar surface area (TPSA) is 87.8 Å². The van der Waals surface area contributed by atoms with Crippen molar-refractivity contribution in [3.05, 3.63) is 0 Å². The van der Waals surface area contributed by atoms with E-state index in [1.54, 1.807) is 0 Å². The zero-order chi connectivity index (χ0) is 30.7. The van der Waals surface area contributed by atoms with Gasteiger partial charge in [-0.25, -0.2) is 0 Å². The quantitative estimate of drug-likeness (QED) is 0.0480. The highest BCUT2D eigenvalue weighted by molar-refractivity contribution is 5.87. The van der Waals surface area contributed by atoms with E-state index in [4.69, 9.17) is 5.73 Å². The highest BCUT2D eigenvalue weighted by atomic mass is 16.1. The Hall–Kier alpha value is -1.43. The van der Waals surface area contributed by atoms with Crippen LogP contribution in [0.25, 0.3) is 0 Å². The first kappa shape index (κ1) is 38.6. The Kier molecular flexibility index (Phi) is 23.9. The lowest BCUT2D eigenvalue weighted by atomic mass is 9.92. The normalized spacial score (nSPS) is 14.4. The van der Waals surface area contributed by atoms with Crippen LogP contribution in [0.15, 0.2) is 4.99 Å². The van der Waals surface area contributed by atoms with Gasteiger partial charge in [-0.1, -0.05) is 122 Å². The van der Waals surface area contributed by atoms with Crippen LogP contribution in [0.1, 0.15) is 174 Å². The zero-order valence-corrected chi connectivity index (χ0v) is 28.3. The van der Waals surface area contributed by atoms with E-state index < -0.39 is 0 Å². The Morgan fingerprint density at radius 1 is 0.690 bits per heavy atom. The molecule has 0 aromatic rings. The number of hydrogen-bond donors (Lipinski definition) is 2. The lowest BCUT2D eigenvalue weighted by Gasteiger charge is -2.13. The Labute approximate surface area is 260 Å². The molecule has 1 aliphatic carbocycles. The SMILES string of the molecule is CCCCCCCCCCCCCCCCCCCCCC(=O)C1(CCN=C(N)CCC(=O)NCCCN(C)C)CC1. The number of nitrogens with one attached hydrogen (secondary N) is 1. The largest absolute Gasteiger partial charge is 0.387 e. The van der Waals surface area contributed by atoms with Crippen molar-refractivity contribution in [2.45, 2.75) is 174 Å². The molecule has 42 heavy (non-hydrogen) atoms. The van der Waals surface area contributed by atoms with Crippen LogP contribution in [0.2, 0.25) is 0 Å². The molecule has 1 fully saturated rings. The van der Waals surface area contributed by atoms with Gasteiger partial charge in [-0.05, 0) is 52.7 Å². The predicted octanol–water partition coefficient (Wildman–Crippen LogP) is 8.75. The van der Waals surface area contributed by atoms with Crippen LogP contribution in [-0.2, 0) is 9.59 Å². The van der Waals surface area contributed by atoms with Crippen molar-refractivity contribution in [1.29, 1.82) is 0 Å². The van der Waals surface area contributed by atoms with Crippen molar-refractivity contribution >= 4 is 17.5 Å². The predicted molar refractivity (Wildman–Crippen MR) is 181 cm³/mol. The minimum absolute atomic E-state index is 0.0281. The molecule has 0 radical (unpaired) electrons. The Balaban J connectivity index is 1.92. The molecule has 6 nitrogen and oxygen atoms in total. The molecule has 0 saturated heterocycles. The third-order valence-corrected chi connectivity index (χ3v) is 9.07. The van der Waals surface area contributed by atoms with Crippen molar-refractivity contribution in [2.24, 2.45) is 16.1 Å². The molecule has 0 aromatic heterocycles. The summed E-state index contributed by atoms with van der Waals surface area (Å²) in [6.07, 6.45) is 31.4. The van der Waals surface area contributed by atoms with Crippen molar-refractivity contribution in [3.63, 3.8) is 0 Å². The molecule has 0 aromatic carbocycles. The molecule has 6 heteroatoms. The fraction of sp³-hybridized carbons (Fsp3) is 0.917. The lowest BCUT2D eigenvalue weighted by Crippen LogP contribution is -2.28. The number of nitrogens with two attached hydrogens (primary N) is 1. The summed E-state index contributed by atoms with van der Waals surface area (Å²) >= 11 is 0. The van der Waals surface area contributed by atoms with Crippen molar-refractivity contribution in [3.8, 4) is 0 Å². The number of Topliss-reactive ketones (excluding diaryl/α,β-unsaturated/α-hetero) is 1. The molecule has 0 spiro atoms. The zero-order valence-electron chi connectivity index (χ0n) is 28.3. The summed E-state index contributed by atoms with van der Waals surface area (Å²) in [6.45, 7) is 4.54. The number of unbranched alkanes of at least 4 members (excludes halogenated alkanes) is 18. The number of hydrogen-bond acceptors (Lipinski definition) is 4. The summed E-state index contributed by atoms with van der Waals surface area (Å²) in [5, 5.41) is 2.94. The highest BCUT2D eigenvalue weighted by Gasteiger charge is 2.47. The minimum Gasteiger partial charge on any atom is -0.387 e. The van der Waals surface area contributed by atoms with Gasteiger partial charge >= 0.3 is 0 Å². The fourth-order valence-corrected chi connectivity index (χ4v) is 5.89. The van der Waals surface area contributed by atoms with Crippen molar-refractivity contribution in [1.82, 2.24) is 10.2 Å². The minimum atomic E-state index is -0.123. The summed E-state index contributed by atoms with van der Waals surface area (Å²) < 4.78 is 0. The van der Waals surface area contributed by atoms with Crippen LogP contribution in [-0.4, -0.2) is 56.2 Å². The highest BCUT2D eigenvalue weighted by Crippen LogP contribution is 2.50. The van der Waals surface area contributed by atoms with Gasteiger partial charge < -0.3 is 16.0 Å². The van der Waals surface area contributed by atoms with E-state index in [2.05, 4.69) is 22.1 Å². The molecule has 3 N–H and O–H groups in total. The van der Waals surface area contributed by atoms with Gasteiger partial charge in [-0.3, -0.25) is 14.6 Å². The van der Waals surface area contributed by atoms with E-state index in [1.165, 1.54) is 116 Å². The standard InChI is InChI=1S/C36H70N4O2/c1-4-5-6-7-8-9-10-11-12-13-14-15-16-17-18-19-20-21-22-24-33(41)36(27-28-36)29-31-38-34(37)25-26-35(42)39-30-23-32-40(2)3/h4-32H2,1-3H3,(H2,37,38)(H,39,42). The summed E-state index contributed by atoms with van der Waals surface area (Å²) in [7, 11) is 4.06. The van der Waals surface area contributed by atoms with Gasteiger partial charge in [-0.2, -0.15) is 0 Å². The molecule has 0 heterocycles. The number of nitrogens with zero attached hydrogens (tertiary/aromatic N) is 2. The smallest absolute Gasteiger partial charge is 0.220 e. The van der Waals surface area contributed by atoms with Crippen LogP contribution in [0.4, 0.5) is 0 Å². The second-order valence-electron chi connectivity index (χ2n) is 13.4. The van der Waals surface area contributed by atoms with Crippen LogP contribution in [0.5, 0.6) is 0 Å². The fourth-order valence-electron chi connectivity index (χ4n) is 5.89. The van der Waals surface area contributed by atoms with Gasteiger partial charge in [0.25, 0.3) is 0 Å². The van der Waals surface area contributed by atoms with Crippen LogP contribution < -0.4 is 11.1 Å². The van der Waals surface area contributed by atoms with E-state index in [0.717, 1.165) is 45.1 Å². The number of amidine groups is 1. The van der Waals surface area contributed by atoms with Crippen LogP contribution >= 0.6 is 0 Å². The second kappa shape index (κ2) is 26.0. The van der Waals surface area contributed by atoms with Gasteiger partial charge in [0, 0.05) is 37.8 Å². The van der Waals surface area contributed by atoms with Crippen LogP contribution in [0.3, 0.4) is 0 Å². The third kappa shape index (κ3) is 22.2. The average molecular weight is 591 g/mol. The van der Waals surface area contributed by atoms with Crippen LogP contribution in [0, 0.1) is 5.41 Å². The summed E-state index contributed by atoms with van der Waals surface area (Å²) in [5.74, 6) is 1.00. The molecule has 0 bridgehead atoms. The molecule has 1 aliphatic rings. The van der Waals surface area contributed by atoms with E-state index in [-0.39, 0.29) is 11.3 Å². The van der Waals surface area contributed by atoms with E-state index in [0.29, 0.717) is 37.6 Å². The molecular weight excluding hydrogens is 520 g/mol. The summed E-state index contributed by atoms with van der Waals surface area (Å²) in [4.78, 5) is 31.4. The molecule has 0 unspecified atom stereocenters. The Morgan fingerprint density at radius 2 is 1.17 bits per heavy atom. The molecule has 0 atom stereocenters. The maximum atomic E-state index is 12.8. The molecule has 246 valence electrons. The number of rotatable bonds is 31. The molecule has 1 amide bonds. The van der Waals surface area contributed by atoms with E-state index in [1.807, 2.05) is 14.1 Å². The number of aliphatic imine (C=N–C) groups is 1. The molecule has 0 aliphatic heterocycles. The maximum absolute atomic E-state index is 12.8. The van der Waals surface area contributed by atoms with Crippen molar-refractivity contribution < 1.29 is 9.59 Å². The number of amides is 1. The van der Waals surface area contributed by atoms with Gasteiger partial charge in [-0.15, -0.1) is 0 Å². The Bertz CT molecular complexity index is 703. The Morgan fingerprint density at radius 3 is 1.62 bits per heavy atom. The van der Waals surface area contributed by atoms with Gasteiger partial charge in [0.15, 0.2) is 0 Å². The number of ketones is 1. The monoisotopic (exact) mass is 591 g/mol. The lowest BCUT2D eigenvalue weighted by molar-refractivity contribution is -0.124. The van der Waals surface area contributed by atoms with Gasteiger partial charge in [0.05, 0.1) is 5.84 Å². The summed E-state index contributed by atoms with van der Waals surface area (Å²) in [6, 6.07) is 0. The van der Waals surface area contributed by atoms with E-state index in [9.17, 15) is 9.59 Å². The van der Waals surface area contributed by atoms with Gasteiger partial charge in [0.2, 0.25) is 5.91 Å². The number of carbonyl (C=O) groups excluding carboxylic acids is 2. The van der Waals surface area contributed by atoms with Gasteiger partial charge in [0.1, 0.15) is 5.78 Å².